The third-order valence-electron chi connectivity index (χ3n) is 12.0. The van der Waals surface area contributed by atoms with Crippen molar-refractivity contribution in [3.8, 4) is 5.75 Å². The van der Waals surface area contributed by atoms with E-state index in [9.17, 15) is 19.8 Å². The maximum absolute atomic E-state index is 14.3. The lowest BCUT2D eigenvalue weighted by molar-refractivity contribution is -0.182. The molecule has 0 radical (unpaired) electrons. The van der Waals surface area contributed by atoms with Gasteiger partial charge in [-0.3, -0.25) is 19.4 Å². The van der Waals surface area contributed by atoms with Crippen LogP contribution in [0.3, 0.4) is 0 Å². The number of para-hydroxylation sites is 1. The number of ether oxygens (including phenoxy) is 1. The molecule has 2 amide bonds. The van der Waals surface area contributed by atoms with E-state index in [1.165, 1.54) is 0 Å². The number of pyridine rings is 1. The van der Waals surface area contributed by atoms with E-state index in [2.05, 4.69) is 41.3 Å². The van der Waals surface area contributed by atoms with Gasteiger partial charge < -0.3 is 35.4 Å². The second-order valence-corrected chi connectivity index (χ2v) is 17.0. The Morgan fingerprint density at radius 2 is 1.86 bits per heavy atom. The second-order valence-electron chi connectivity index (χ2n) is 17.0. The molecule has 3 aliphatic rings. The van der Waals surface area contributed by atoms with E-state index >= 15 is 0 Å². The molecule has 1 aromatic carbocycles. The number of benzene rings is 1. The Bertz CT molecular complexity index is 1680. The minimum atomic E-state index is -0.900. The molecule has 1 aliphatic heterocycles. The first-order chi connectivity index (χ1) is 26.7. The Kier molecular flexibility index (Phi) is 15.1. The van der Waals surface area contributed by atoms with E-state index in [0.29, 0.717) is 48.5 Å². The predicted molar refractivity (Wildman–Crippen MR) is 218 cm³/mol. The molecule has 1 aromatic heterocycles. The topological polar surface area (TPSA) is 140 Å². The first kappa shape index (κ1) is 43.3. The van der Waals surface area contributed by atoms with Gasteiger partial charge in [0.15, 0.2) is 0 Å². The van der Waals surface area contributed by atoms with Crippen molar-refractivity contribution in [3.05, 3.63) is 82.8 Å². The third-order valence-corrected chi connectivity index (χ3v) is 12.0. The van der Waals surface area contributed by atoms with Crippen LogP contribution < -0.4 is 15.4 Å². The predicted octanol–water partition coefficient (Wildman–Crippen LogP) is 4.29. The van der Waals surface area contributed by atoms with Crippen LogP contribution in [0, 0.1) is 23.7 Å². The highest BCUT2D eigenvalue weighted by Gasteiger charge is 2.50. The number of carbonyl (C=O) groups is 2. The monoisotopic (exact) mass is 775 g/mol. The Labute approximate surface area is 334 Å². The van der Waals surface area contributed by atoms with Crippen LogP contribution in [0.1, 0.15) is 76.1 Å². The number of methoxy groups -OCH3 is 1. The zero-order valence-corrected chi connectivity index (χ0v) is 34.9. The van der Waals surface area contributed by atoms with Gasteiger partial charge in [0.2, 0.25) is 5.91 Å². The van der Waals surface area contributed by atoms with Crippen molar-refractivity contribution >= 4 is 11.8 Å². The molecule has 2 fully saturated rings. The molecule has 12 nitrogen and oxygen atoms in total. The number of hydroxylamine groups is 2. The Balaban J connectivity index is 1.42. The number of aromatic nitrogens is 1. The molecular formula is C44H66N6O6. The van der Waals surface area contributed by atoms with Gasteiger partial charge in [0.1, 0.15) is 17.9 Å². The third kappa shape index (κ3) is 10.6. The van der Waals surface area contributed by atoms with E-state index < -0.39 is 24.2 Å². The van der Waals surface area contributed by atoms with Gasteiger partial charge in [0.05, 0.1) is 26.4 Å². The second kappa shape index (κ2) is 19.6. The van der Waals surface area contributed by atoms with E-state index in [0.717, 1.165) is 41.8 Å². The summed E-state index contributed by atoms with van der Waals surface area (Å²) in [6.45, 7) is 8.83. The number of hydrogen-bond acceptors (Lipinski definition) is 10. The van der Waals surface area contributed by atoms with Gasteiger partial charge in [0.25, 0.3) is 5.91 Å². The zero-order valence-electron chi connectivity index (χ0n) is 34.9. The van der Waals surface area contributed by atoms with E-state index in [-0.39, 0.29) is 43.0 Å². The van der Waals surface area contributed by atoms with Gasteiger partial charge in [-0.05, 0) is 82.7 Å². The maximum Gasteiger partial charge on any atom is 0.251 e. The quantitative estimate of drug-likeness (QED) is 0.196. The molecule has 0 bridgehead atoms. The van der Waals surface area contributed by atoms with Crippen molar-refractivity contribution in [1.82, 2.24) is 30.5 Å². The van der Waals surface area contributed by atoms with E-state index in [4.69, 9.17) is 9.57 Å². The standard InChI is InChI=1S/C44H66N6O6/c1-27(2)30-17-16-28(3)38(22-30)47-44(54)41-40(29(4)52)39(26-51)56-50(41)24-31-13-12-15-37(42(31)55-9)32-19-33(21-36(20-32)49(7)8)43(53)46-35(25-48(5)6)23-34-14-10-11-18-45-34/h10-15,18-19,21,27-30,32,35,38-41,51-52H,16-17,20,22-26H2,1-9H3,(H,46,53)(H,47,54)/t28-,29-,30+,32?,35+,38-,39-,40+,41-/m0/s1. The van der Waals surface area contributed by atoms with Crippen LogP contribution in [0.4, 0.5) is 0 Å². The molecular weight excluding hydrogens is 709 g/mol. The van der Waals surface area contributed by atoms with E-state index in [1.54, 1.807) is 25.3 Å². The lowest BCUT2D eigenvalue weighted by Crippen LogP contribution is -2.53. The molecule has 56 heavy (non-hydrogen) atoms. The molecule has 2 aliphatic carbocycles. The van der Waals surface area contributed by atoms with Crippen molar-refractivity contribution in [2.24, 2.45) is 23.7 Å². The summed E-state index contributed by atoms with van der Waals surface area (Å²) in [7, 11) is 9.58. The average molecular weight is 775 g/mol. The summed E-state index contributed by atoms with van der Waals surface area (Å²) >= 11 is 0. The maximum atomic E-state index is 14.3. The Hall–Kier alpha value is -3.81. The smallest absolute Gasteiger partial charge is 0.251 e. The largest absolute Gasteiger partial charge is 0.496 e. The number of hydrogen-bond donors (Lipinski definition) is 4. The molecule has 12 heteroatoms. The van der Waals surface area contributed by atoms with Gasteiger partial charge in [-0.25, -0.2) is 0 Å². The van der Waals surface area contributed by atoms with Crippen molar-refractivity contribution in [1.29, 1.82) is 0 Å². The van der Waals surface area contributed by atoms with Crippen molar-refractivity contribution in [2.45, 2.75) is 103 Å². The Morgan fingerprint density at radius 1 is 1.09 bits per heavy atom. The van der Waals surface area contributed by atoms with Crippen LogP contribution in [0.2, 0.25) is 0 Å². The summed E-state index contributed by atoms with van der Waals surface area (Å²) in [4.78, 5) is 43.2. The fourth-order valence-corrected chi connectivity index (χ4v) is 8.83. The summed E-state index contributed by atoms with van der Waals surface area (Å²) in [6, 6.07) is 10.8. The molecule has 308 valence electrons. The van der Waals surface area contributed by atoms with Crippen LogP contribution in [-0.2, 0) is 27.4 Å². The lowest BCUT2D eigenvalue weighted by Gasteiger charge is -2.38. The van der Waals surface area contributed by atoms with Crippen molar-refractivity contribution in [2.75, 3.05) is 48.5 Å². The normalized spacial score (nSPS) is 26.7. The highest BCUT2D eigenvalue weighted by atomic mass is 16.7. The molecule has 1 saturated carbocycles. The van der Waals surface area contributed by atoms with Crippen LogP contribution in [0.15, 0.2) is 66.0 Å². The number of allylic oxidation sites excluding steroid dienone is 2. The molecule has 1 saturated heterocycles. The highest BCUT2D eigenvalue weighted by molar-refractivity contribution is 5.97. The lowest BCUT2D eigenvalue weighted by atomic mass is 9.74. The first-order valence-electron chi connectivity index (χ1n) is 20.3. The van der Waals surface area contributed by atoms with Crippen molar-refractivity contribution in [3.63, 3.8) is 0 Å². The highest BCUT2D eigenvalue weighted by Crippen LogP contribution is 2.41. The molecule has 2 heterocycles. The van der Waals surface area contributed by atoms with Crippen LogP contribution >= 0.6 is 0 Å². The van der Waals surface area contributed by atoms with Gasteiger partial charge in [-0.15, -0.1) is 0 Å². The van der Waals surface area contributed by atoms with Gasteiger partial charge >= 0.3 is 0 Å². The number of aliphatic hydroxyl groups is 2. The Morgan fingerprint density at radius 3 is 2.48 bits per heavy atom. The number of rotatable bonds is 16. The number of likely N-dealkylation sites (N-methyl/N-ethyl adjacent to an activating group) is 1. The average Bonchev–Trinajstić information content (AvgIpc) is 3.54. The minimum Gasteiger partial charge on any atom is -0.496 e. The fourth-order valence-electron chi connectivity index (χ4n) is 8.83. The van der Waals surface area contributed by atoms with Crippen molar-refractivity contribution < 1.29 is 29.4 Å². The number of amides is 2. The van der Waals surface area contributed by atoms with Crippen LogP contribution in [-0.4, -0.2) is 121 Å². The molecule has 5 rings (SSSR count). The molecule has 0 spiro atoms. The van der Waals surface area contributed by atoms with E-state index in [1.807, 2.05) is 81.6 Å². The molecule has 2 aromatic rings. The summed E-state index contributed by atoms with van der Waals surface area (Å²) < 4.78 is 6.14. The SMILES string of the molecule is COc1c(CN2O[C@@H](CO)[C@@H]([C@H](C)O)[C@H]2C(=O)N[C@H]2C[C@H](C(C)C)CC[C@@H]2C)cccc1C1C=C(C(=O)N[C@H](Cc2ccccn2)CN(C)C)C=C(N(C)C)C1. The summed E-state index contributed by atoms with van der Waals surface area (Å²) in [5.74, 6) is 0.845. The van der Waals surface area contributed by atoms with Gasteiger partial charge in [-0.2, -0.15) is 5.06 Å². The molecule has 1 unspecified atom stereocenters. The number of aliphatic hydroxyl groups excluding tert-OH is 2. The van der Waals surface area contributed by atoms with Gasteiger partial charge in [0, 0.05) is 85.3 Å². The minimum absolute atomic E-state index is 0.0165. The van der Waals surface area contributed by atoms with Crippen LogP contribution in [0.5, 0.6) is 5.75 Å². The zero-order chi connectivity index (χ0) is 40.7. The summed E-state index contributed by atoms with van der Waals surface area (Å²) in [6.07, 6.45) is 8.45. The first-order valence-corrected chi connectivity index (χ1v) is 20.3. The van der Waals surface area contributed by atoms with Gasteiger partial charge in [-0.1, -0.05) is 51.1 Å². The summed E-state index contributed by atoms with van der Waals surface area (Å²) in [5.41, 5.74) is 4.19. The number of nitrogens with one attached hydrogen (secondary N) is 2. The number of carbonyl (C=O) groups excluding carboxylic acids is 2. The number of nitrogens with zero attached hydrogens (tertiary/aromatic N) is 4. The summed E-state index contributed by atoms with van der Waals surface area (Å²) in [5, 5.41) is 29.6. The molecule has 4 N–H and O–H groups in total. The fraction of sp³-hybridized carbons (Fsp3) is 0.614. The molecule has 9 atom stereocenters. The van der Waals surface area contributed by atoms with Crippen LogP contribution in [0.25, 0.3) is 0 Å².